The maximum absolute atomic E-state index is 12.1. The number of carboxylic acids is 1. The van der Waals surface area contributed by atoms with Crippen molar-refractivity contribution in [3.63, 3.8) is 0 Å². The number of benzene rings is 1. The fraction of sp³-hybridized carbons (Fsp3) is 0.0714. The molecular formula is C14H12BrN3O3. The number of carbonyl (C=O) groups excluding carboxylic acids is 1. The third-order valence-electron chi connectivity index (χ3n) is 2.80. The van der Waals surface area contributed by atoms with Crippen LogP contribution in [0.2, 0.25) is 0 Å². The Morgan fingerprint density at radius 1 is 1.33 bits per heavy atom. The number of nitrogens with zero attached hydrogens (tertiary/aromatic N) is 2. The van der Waals surface area contributed by atoms with Gasteiger partial charge in [-0.2, -0.15) is 0 Å². The van der Waals surface area contributed by atoms with Gasteiger partial charge in [0, 0.05) is 17.7 Å². The average molecular weight is 350 g/mol. The number of hydrogen-bond acceptors (Lipinski definition) is 3. The van der Waals surface area contributed by atoms with Crippen molar-refractivity contribution >= 4 is 39.3 Å². The van der Waals surface area contributed by atoms with Crippen LogP contribution in [0, 0.1) is 0 Å². The third-order valence-corrected chi connectivity index (χ3v) is 3.45. The molecule has 0 aliphatic carbocycles. The molecule has 0 atom stereocenters. The van der Waals surface area contributed by atoms with Gasteiger partial charge in [-0.25, -0.2) is 9.59 Å². The lowest BCUT2D eigenvalue weighted by Crippen LogP contribution is -2.31. The van der Waals surface area contributed by atoms with E-state index in [1.807, 2.05) is 0 Å². The number of aromatic carboxylic acids is 1. The van der Waals surface area contributed by atoms with Crippen molar-refractivity contribution in [1.29, 1.82) is 0 Å². The summed E-state index contributed by atoms with van der Waals surface area (Å²) in [5, 5.41) is 11.6. The molecule has 0 aliphatic rings. The van der Waals surface area contributed by atoms with Gasteiger partial charge < -0.3 is 10.4 Å². The third kappa shape index (κ3) is 3.57. The molecule has 7 heteroatoms. The first-order valence-corrected chi connectivity index (χ1v) is 6.76. The summed E-state index contributed by atoms with van der Waals surface area (Å²) < 4.78 is 0.496. The minimum absolute atomic E-state index is 0.139. The highest BCUT2D eigenvalue weighted by Crippen LogP contribution is 2.24. The van der Waals surface area contributed by atoms with Crippen molar-refractivity contribution in [2.75, 3.05) is 17.3 Å². The number of halogens is 1. The van der Waals surface area contributed by atoms with E-state index in [1.165, 1.54) is 23.1 Å². The molecule has 1 heterocycles. The van der Waals surface area contributed by atoms with Crippen LogP contribution in [0.25, 0.3) is 0 Å². The Morgan fingerprint density at radius 2 is 2.10 bits per heavy atom. The van der Waals surface area contributed by atoms with E-state index in [9.17, 15) is 9.59 Å². The molecular weight excluding hydrogens is 338 g/mol. The van der Waals surface area contributed by atoms with E-state index in [2.05, 4.69) is 26.2 Å². The Bertz CT molecular complexity index is 676. The lowest BCUT2D eigenvalue weighted by Gasteiger charge is -2.18. The Kier molecular flexibility index (Phi) is 4.54. The molecule has 6 nitrogen and oxygen atoms in total. The molecule has 0 fully saturated rings. The van der Waals surface area contributed by atoms with Gasteiger partial charge in [0.1, 0.15) is 0 Å². The van der Waals surface area contributed by atoms with Gasteiger partial charge in [-0.1, -0.05) is 0 Å². The van der Waals surface area contributed by atoms with E-state index >= 15 is 0 Å². The summed E-state index contributed by atoms with van der Waals surface area (Å²) in [4.78, 5) is 28.3. The second-order valence-electron chi connectivity index (χ2n) is 4.20. The molecule has 1 aromatic carbocycles. The van der Waals surface area contributed by atoms with Gasteiger partial charge >= 0.3 is 12.0 Å². The van der Waals surface area contributed by atoms with E-state index in [1.54, 1.807) is 31.6 Å². The van der Waals surface area contributed by atoms with Gasteiger partial charge in [-0.3, -0.25) is 9.88 Å². The monoisotopic (exact) mass is 349 g/mol. The SMILES string of the molecule is CN(C(=O)Nc1ccc(C(=O)O)cc1Br)c1cccnc1. The molecule has 1 aromatic heterocycles. The number of pyridine rings is 1. The van der Waals surface area contributed by atoms with Crippen LogP contribution in [0.4, 0.5) is 16.2 Å². The fourth-order valence-corrected chi connectivity index (χ4v) is 2.10. The lowest BCUT2D eigenvalue weighted by molar-refractivity contribution is 0.0697. The number of urea groups is 1. The van der Waals surface area contributed by atoms with Crippen molar-refractivity contribution in [3.05, 3.63) is 52.8 Å². The first-order valence-electron chi connectivity index (χ1n) is 5.96. The quantitative estimate of drug-likeness (QED) is 0.891. The summed E-state index contributed by atoms with van der Waals surface area (Å²) in [6, 6.07) is 7.52. The second-order valence-corrected chi connectivity index (χ2v) is 5.05. The molecule has 0 saturated heterocycles. The number of rotatable bonds is 3. The molecule has 21 heavy (non-hydrogen) atoms. The Labute approximate surface area is 129 Å². The van der Waals surface area contributed by atoms with Crippen LogP contribution in [-0.2, 0) is 0 Å². The summed E-state index contributed by atoms with van der Waals surface area (Å²) >= 11 is 3.24. The van der Waals surface area contributed by atoms with Crippen molar-refractivity contribution in [3.8, 4) is 0 Å². The van der Waals surface area contributed by atoms with Gasteiger partial charge in [0.05, 0.1) is 23.1 Å². The number of amides is 2. The molecule has 0 bridgehead atoms. The van der Waals surface area contributed by atoms with Gasteiger partial charge in [-0.05, 0) is 46.3 Å². The largest absolute Gasteiger partial charge is 0.478 e. The number of aromatic nitrogens is 1. The number of hydrogen-bond donors (Lipinski definition) is 2. The minimum atomic E-state index is -1.03. The van der Waals surface area contributed by atoms with Crippen molar-refractivity contribution in [1.82, 2.24) is 4.98 Å². The van der Waals surface area contributed by atoms with Crippen molar-refractivity contribution < 1.29 is 14.7 Å². The predicted molar refractivity (Wildman–Crippen MR) is 82.8 cm³/mol. The standard InChI is InChI=1S/C14H12BrN3O3/c1-18(10-3-2-6-16-8-10)14(21)17-12-5-4-9(13(19)20)7-11(12)15/h2-8H,1H3,(H,17,21)(H,19,20). The first-order chi connectivity index (χ1) is 9.99. The Balaban J connectivity index is 2.15. The van der Waals surface area contributed by atoms with Gasteiger partial charge in [-0.15, -0.1) is 0 Å². The highest BCUT2D eigenvalue weighted by atomic mass is 79.9. The first kappa shape index (κ1) is 15.0. The molecule has 2 amide bonds. The van der Waals surface area contributed by atoms with Gasteiger partial charge in [0.15, 0.2) is 0 Å². The van der Waals surface area contributed by atoms with Crippen LogP contribution < -0.4 is 10.2 Å². The highest BCUT2D eigenvalue weighted by molar-refractivity contribution is 9.10. The normalized spacial score (nSPS) is 10.0. The van der Waals surface area contributed by atoms with E-state index in [0.29, 0.717) is 15.8 Å². The van der Waals surface area contributed by atoms with E-state index in [-0.39, 0.29) is 11.6 Å². The molecule has 0 saturated carbocycles. The summed E-state index contributed by atoms with van der Waals surface area (Å²) in [7, 11) is 1.62. The Morgan fingerprint density at radius 3 is 2.67 bits per heavy atom. The molecule has 2 rings (SSSR count). The number of carbonyl (C=O) groups is 2. The van der Waals surface area contributed by atoms with Crippen LogP contribution in [0.3, 0.4) is 0 Å². The maximum atomic E-state index is 12.1. The summed E-state index contributed by atoms with van der Waals surface area (Å²) in [6.07, 6.45) is 3.19. The average Bonchev–Trinajstić information content (AvgIpc) is 2.49. The smallest absolute Gasteiger partial charge is 0.335 e. The molecule has 0 radical (unpaired) electrons. The number of anilines is 2. The Hall–Kier alpha value is -2.41. The van der Waals surface area contributed by atoms with Crippen LogP contribution in [-0.4, -0.2) is 29.1 Å². The zero-order valence-electron chi connectivity index (χ0n) is 11.1. The molecule has 2 N–H and O–H groups in total. The summed E-state index contributed by atoms with van der Waals surface area (Å²) in [6.45, 7) is 0. The van der Waals surface area contributed by atoms with Crippen LogP contribution in [0.1, 0.15) is 10.4 Å². The molecule has 0 unspecified atom stereocenters. The zero-order chi connectivity index (χ0) is 15.4. The molecule has 0 aliphatic heterocycles. The zero-order valence-corrected chi connectivity index (χ0v) is 12.7. The summed E-state index contributed by atoms with van der Waals surface area (Å²) in [5.41, 5.74) is 1.27. The van der Waals surface area contributed by atoms with E-state index in [4.69, 9.17) is 5.11 Å². The minimum Gasteiger partial charge on any atom is -0.478 e. The maximum Gasteiger partial charge on any atom is 0.335 e. The highest BCUT2D eigenvalue weighted by Gasteiger charge is 2.13. The van der Waals surface area contributed by atoms with Crippen LogP contribution in [0.5, 0.6) is 0 Å². The molecule has 2 aromatic rings. The van der Waals surface area contributed by atoms with Crippen molar-refractivity contribution in [2.24, 2.45) is 0 Å². The van der Waals surface area contributed by atoms with Gasteiger partial charge in [0.2, 0.25) is 0 Å². The van der Waals surface area contributed by atoms with Gasteiger partial charge in [0.25, 0.3) is 0 Å². The molecule has 108 valence electrons. The molecule has 0 spiro atoms. The second kappa shape index (κ2) is 6.36. The van der Waals surface area contributed by atoms with Crippen LogP contribution >= 0.6 is 15.9 Å². The number of nitrogens with one attached hydrogen (secondary N) is 1. The fourth-order valence-electron chi connectivity index (χ4n) is 1.62. The van der Waals surface area contributed by atoms with E-state index < -0.39 is 5.97 Å². The van der Waals surface area contributed by atoms with E-state index in [0.717, 1.165) is 0 Å². The number of carboxylic acid groups (broad SMARTS) is 1. The van der Waals surface area contributed by atoms with Crippen LogP contribution in [0.15, 0.2) is 47.2 Å². The topological polar surface area (TPSA) is 82.5 Å². The van der Waals surface area contributed by atoms with Crippen molar-refractivity contribution in [2.45, 2.75) is 0 Å². The summed E-state index contributed by atoms with van der Waals surface area (Å²) in [5.74, 6) is -1.03. The lowest BCUT2D eigenvalue weighted by atomic mass is 10.2. The predicted octanol–water partition coefficient (Wildman–Crippen LogP) is 3.21.